The molecule has 2 unspecified atom stereocenters. The van der Waals surface area contributed by atoms with Gasteiger partial charge in [-0.1, -0.05) is 31.9 Å². The molecule has 0 heterocycles. The maximum absolute atomic E-state index is 12.0. The molecule has 3 N–H and O–H groups in total. The van der Waals surface area contributed by atoms with Crippen LogP contribution in [0.4, 0.5) is 0 Å². The van der Waals surface area contributed by atoms with Gasteiger partial charge in [-0.2, -0.15) is 0 Å². The number of hydrogen-bond donors (Lipinski definition) is 2. The first-order valence-corrected chi connectivity index (χ1v) is 7.17. The average Bonchev–Trinajstić information content (AvgIpc) is 2.63. The van der Waals surface area contributed by atoms with Gasteiger partial charge in [0, 0.05) is 26.6 Å². The van der Waals surface area contributed by atoms with Crippen molar-refractivity contribution in [1.82, 2.24) is 5.32 Å². The van der Waals surface area contributed by atoms with E-state index < -0.39 is 0 Å². The Hall–Kier alpha value is -0.390. The number of rotatable bonds is 2. The van der Waals surface area contributed by atoms with Gasteiger partial charge in [-0.3, -0.25) is 4.79 Å². The Bertz CT molecular complexity index is 416. The van der Waals surface area contributed by atoms with Crippen molar-refractivity contribution in [3.63, 3.8) is 0 Å². The fourth-order valence-corrected chi connectivity index (χ4v) is 3.40. The number of amides is 1. The first-order valence-electron chi connectivity index (χ1n) is 5.59. The van der Waals surface area contributed by atoms with Gasteiger partial charge in [0.15, 0.2) is 0 Å². The second-order valence-corrected chi connectivity index (χ2v) is 6.16. The molecule has 1 aliphatic carbocycles. The quantitative estimate of drug-likeness (QED) is 0.850. The second kappa shape index (κ2) is 5.50. The van der Waals surface area contributed by atoms with Crippen LogP contribution in [0, 0.1) is 0 Å². The average molecular weight is 362 g/mol. The minimum atomic E-state index is -0.0608. The summed E-state index contributed by atoms with van der Waals surface area (Å²) in [6.45, 7) is 0. The molecular weight excluding hydrogens is 348 g/mol. The summed E-state index contributed by atoms with van der Waals surface area (Å²) in [7, 11) is 0. The Morgan fingerprint density at radius 3 is 2.41 bits per heavy atom. The molecule has 2 rings (SSSR count). The smallest absolute Gasteiger partial charge is 0.251 e. The van der Waals surface area contributed by atoms with E-state index >= 15 is 0 Å². The number of carbonyl (C=O) groups is 1. The Morgan fingerprint density at radius 1 is 1.24 bits per heavy atom. The van der Waals surface area contributed by atoms with Gasteiger partial charge in [0.2, 0.25) is 0 Å². The standard InChI is InChI=1S/C12H14Br2N2O/c13-8-4-7(5-9(14)6-8)12(17)16-11-3-1-2-10(11)15/h4-6,10-11H,1-3,15H2,(H,16,17). The molecule has 1 saturated carbocycles. The predicted octanol–water partition coefficient (Wildman–Crippen LogP) is 2.82. The molecule has 0 spiro atoms. The van der Waals surface area contributed by atoms with Crippen LogP contribution in [0.1, 0.15) is 29.6 Å². The highest BCUT2D eigenvalue weighted by Crippen LogP contribution is 2.21. The number of nitrogens with one attached hydrogen (secondary N) is 1. The summed E-state index contributed by atoms with van der Waals surface area (Å²) >= 11 is 6.74. The van der Waals surface area contributed by atoms with Crippen molar-refractivity contribution in [3.8, 4) is 0 Å². The van der Waals surface area contributed by atoms with Crippen molar-refractivity contribution < 1.29 is 4.79 Å². The van der Waals surface area contributed by atoms with Crippen LogP contribution in [0.15, 0.2) is 27.1 Å². The highest BCUT2D eigenvalue weighted by atomic mass is 79.9. The van der Waals surface area contributed by atoms with Gasteiger partial charge in [-0.05, 0) is 37.5 Å². The highest BCUT2D eigenvalue weighted by molar-refractivity contribution is 9.11. The van der Waals surface area contributed by atoms with Crippen LogP contribution in [0.3, 0.4) is 0 Å². The molecule has 0 radical (unpaired) electrons. The lowest BCUT2D eigenvalue weighted by molar-refractivity contribution is 0.0934. The largest absolute Gasteiger partial charge is 0.348 e. The molecular formula is C12H14Br2N2O. The summed E-state index contributed by atoms with van der Waals surface area (Å²) in [5.41, 5.74) is 6.58. The van der Waals surface area contributed by atoms with Crippen molar-refractivity contribution in [3.05, 3.63) is 32.7 Å². The van der Waals surface area contributed by atoms with Gasteiger partial charge < -0.3 is 11.1 Å². The monoisotopic (exact) mass is 360 g/mol. The molecule has 2 atom stereocenters. The van der Waals surface area contributed by atoms with E-state index in [1.54, 1.807) is 12.1 Å². The summed E-state index contributed by atoms with van der Waals surface area (Å²) in [4.78, 5) is 12.0. The molecule has 0 bridgehead atoms. The van der Waals surface area contributed by atoms with Crippen molar-refractivity contribution in [2.45, 2.75) is 31.3 Å². The fourth-order valence-electron chi connectivity index (χ4n) is 2.10. The van der Waals surface area contributed by atoms with Crippen LogP contribution in [-0.2, 0) is 0 Å². The third-order valence-electron chi connectivity index (χ3n) is 3.01. The Kier molecular flexibility index (Phi) is 4.22. The predicted molar refractivity (Wildman–Crippen MR) is 74.9 cm³/mol. The molecule has 1 amide bonds. The first-order chi connectivity index (χ1) is 8.06. The van der Waals surface area contributed by atoms with E-state index in [-0.39, 0.29) is 18.0 Å². The van der Waals surface area contributed by atoms with Gasteiger partial charge in [0.05, 0.1) is 0 Å². The van der Waals surface area contributed by atoms with E-state index in [0.717, 1.165) is 28.2 Å². The van der Waals surface area contributed by atoms with Crippen molar-refractivity contribution >= 4 is 37.8 Å². The molecule has 92 valence electrons. The van der Waals surface area contributed by atoms with E-state index in [9.17, 15) is 4.79 Å². The summed E-state index contributed by atoms with van der Waals surface area (Å²) in [6, 6.07) is 5.72. The zero-order valence-electron chi connectivity index (χ0n) is 9.25. The van der Waals surface area contributed by atoms with Gasteiger partial charge in [-0.25, -0.2) is 0 Å². The second-order valence-electron chi connectivity index (χ2n) is 4.33. The number of hydrogen-bond acceptors (Lipinski definition) is 2. The van der Waals surface area contributed by atoms with Crippen LogP contribution < -0.4 is 11.1 Å². The van der Waals surface area contributed by atoms with Crippen LogP contribution in [0.2, 0.25) is 0 Å². The maximum Gasteiger partial charge on any atom is 0.251 e. The molecule has 0 saturated heterocycles. The van der Waals surface area contributed by atoms with Crippen molar-refractivity contribution in [1.29, 1.82) is 0 Å². The highest BCUT2D eigenvalue weighted by Gasteiger charge is 2.25. The molecule has 1 aromatic carbocycles. The topological polar surface area (TPSA) is 55.1 Å². The summed E-state index contributed by atoms with van der Waals surface area (Å²) < 4.78 is 1.76. The van der Waals surface area contributed by atoms with E-state index in [1.165, 1.54) is 0 Å². The molecule has 3 nitrogen and oxygen atoms in total. The zero-order valence-corrected chi connectivity index (χ0v) is 12.4. The van der Waals surface area contributed by atoms with E-state index in [4.69, 9.17) is 5.73 Å². The lowest BCUT2D eigenvalue weighted by atomic mass is 10.1. The van der Waals surface area contributed by atoms with E-state index in [1.807, 2.05) is 6.07 Å². The minimum Gasteiger partial charge on any atom is -0.348 e. The summed E-state index contributed by atoms with van der Waals surface area (Å²) in [6.07, 6.45) is 3.06. The number of benzene rings is 1. The van der Waals surface area contributed by atoms with E-state index in [0.29, 0.717) is 5.56 Å². The van der Waals surface area contributed by atoms with Crippen molar-refractivity contribution in [2.75, 3.05) is 0 Å². The van der Waals surface area contributed by atoms with Gasteiger partial charge in [0.1, 0.15) is 0 Å². The maximum atomic E-state index is 12.0. The molecule has 1 fully saturated rings. The van der Waals surface area contributed by atoms with Crippen LogP contribution in [0.5, 0.6) is 0 Å². The normalized spacial score (nSPS) is 23.7. The Labute approximate surface area is 117 Å². The molecule has 1 aliphatic rings. The third kappa shape index (κ3) is 3.30. The number of carbonyl (C=O) groups excluding carboxylic acids is 1. The SMILES string of the molecule is NC1CCCC1NC(=O)c1cc(Br)cc(Br)c1. The molecule has 1 aromatic rings. The van der Waals surface area contributed by atoms with Crippen LogP contribution >= 0.6 is 31.9 Å². The van der Waals surface area contributed by atoms with Gasteiger partial charge in [-0.15, -0.1) is 0 Å². The van der Waals surface area contributed by atoms with Crippen LogP contribution in [-0.4, -0.2) is 18.0 Å². The molecule has 17 heavy (non-hydrogen) atoms. The fraction of sp³-hybridized carbons (Fsp3) is 0.417. The number of halogens is 2. The van der Waals surface area contributed by atoms with Crippen LogP contribution in [0.25, 0.3) is 0 Å². The van der Waals surface area contributed by atoms with E-state index in [2.05, 4.69) is 37.2 Å². The number of nitrogens with two attached hydrogens (primary N) is 1. The first kappa shape index (κ1) is 13.1. The lowest BCUT2D eigenvalue weighted by Crippen LogP contribution is -2.43. The van der Waals surface area contributed by atoms with Crippen molar-refractivity contribution in [2.24, 2.45) is 5.73 Å². The molecule has 5 heteroatoms. The minimum absolute atomic E-state index is 0.0608. The Balaban J connectivity index is 2.09. The van der Waals surface area contributed by atoms with Gasteiger partial charge in [0.25, 0.3) is 5.91 Å². The lowest BCUT2D eigenvalue weighted by Gasteiger charge is -2.17. The zero-order chi connectivity index (χ0) is 12.4. The molecule has 0 aromatic heterocycles. The summed E-state index contributed by atoms with van der Waals surface area (Å²) in [5.74, 6) is -0.0608. The third-order valence-corrected chi connectivity index (χ3v) is 3.93. The molecule has 0 aliphatic heterocycles. The van der Waals surface area contributed by atoms with Gasteiger partial charge >= 0.3 is 0 Å². The Morgan fingerprint density at radius 2 is 1.88 bits per heavy atom. The summed E-state index contributed by atoms with van der Waals surface area (Å²) in [5, 5.41) is 2.99.